The van der Waals surface area contributed by atoms with E-state index in [4.69, 9.17) is 4.74 Å². The molecule has 24 heavy (non-hydrogen) atoms. The van der Waals surface area contributed by atoms with Crippen molar-refractivity contribution < 1.29 is 9.53 Å². The van der Waals surface area contributed by atoms with Gasteiger partial charge in [-0.15, -0.1) is 16.4 Å². The van der Waals surface area contributed by atoms with Crippen molar-refractivity contribution in [1.29, 1.82) is 0 Å². The molecule has 128 valence electrons. The molecule has 8 heteroatoms. The maximum absolute atomic E-state index is 13.0. The number of fused-ring (bicyclic) bond motifs is 1. The van der Waals surface area contributed by atoms with Crippen LogP contribution in [0.1, 0.15) is 53.9 Å². The van der Waals surface area contributed by atoms with Crippen molar-refractivity contribution in [3.8, 4) is 5.00 Å². The van der Waals surface area contributed by atoms with Gasteiger partial charge in [0.1, 0.15) is 11.3 Å². The summed E-state index contributed by atoms with van der Waals surface area (Å²) in [6.07, 6.45) is 6.33. The summed E-state index contributed by atoms with van der Waals surface area (Å²) in [5, 5.41) is 15.4. The molecule has 0 radical (unpaired) electrons. The van der Waals surface area contributed by atoms with Crippen LogP contribution in [0.5, 0.6) is 0 Å². The lowest BCUT2D eigenvalue weighted by molar-refractivity contribution is -0.0615. The molecule has 2 aliphatic rings. The average molecular weight is 347 g/mol. The number of carbonyl (C=O) groups is 1. The summed E-state index contributed by atoms with van der Waals surface area (Å²) in [4.78, 5) is 14.3. The number of nitrogens with zero attached hydrogens (tertiary/aromatic N) is 4. The van der Waals surface area contributed by atoms with Crippen LogP contribution < -0.4 is 5.32 Å². The Labute approximate surface area is 144 Å². The van der Waals surface area contributed by atoms with Crippen LogP contribution in [0.4, 0.5) is 0 Å². The first-order chi connectivity index (χ1) is 11.5. The Balaban J connectivity index is 1.62. The van der Waals surface area contributed by atoms with E-state index < -0.39 is 0 Å². The van der Waals surface area contributed by atoms with Crippen molar-refractivity contribution in [3.63, 3.8) is 0 Å². The Hall–Kier alpha value is -1.80. The molecule has 1 aliphatic heterocycles. The van der Waals surface area contributed by atoms with Crippen LogP contribution in [0.2, 0.25) is 0 Å². The van der Waals surface area contributed by atoms with Crippen molar-refractivity contribution in [2.45, 2.75) is 57.6 Å². The van der Waals surface area contributed by atoms with E-state index in [2.05, 4.69) is 34.7 Å². The Kier molecular flexibility index (Phi) is 3.88. The van der Waals surface area contributed by atoms with Gasteiger partial charge in [-0.1, -0.05) is 0 Å². The molecule has 1 atom stereocenters. The van der Waals surface area contributed by atoms with E-state index in [1.807, 2.05) is 0 Å². The fourth-order valence-electron chi connectivity index (χ4n) is 3.65. The van der Waals surface area contributed by atoms with Crippen molar-refractivity contribution >= 4 is 17.2 Å². The number of aromatic nitrogens is 4. The third-order valence-corrected chi connectivity index (χ3v) is 6.00. The molecule has 1 N–H and O–H groups in total. The van der Waals surface area contributed by atoms with Crippen LogP contribution in [0.15, 0.2) is 6.33 Å². The van der Waals surface area contributed by atoms with E-state index in [1.54, 1.807) is 22.3 Å². The first-order valence-electron chi connectivity index (χ1n) is 8.36. The molecular formula is C16H21N5O2S. The van der Waals surface area contributed by atoms with Crippen LogP contribution in [-0.2, 0) is 17.6 Å². The summed E-state index contributed by atoms with van der Waals surface area (Å²) < 4.78 is 7.35. The van der Waals surface area contributed by atoms with Crippen molar-refractivity contribution in [2.75, 3.05) is 6.61 Å². The van der Waals surface area contributed by atoms with E-state index in [9.17, 15) is 4.79 Å². The summed E-state index contributed by atoms with van der Waals surface area (Å²) >= 11 is 1.63. The van der Waals surface area contributed by atoms with E-state index in [1.165, 1.54) is 10.4 Å². The van der Waals surface area contributed by atoms with E-state index in [-0.39, 0.29) is 17.6 Å². The van der Waals surface area contributed by atoms with Crippen LogP contribution in [0.3, 0.4) is 0 Å². The standard InChI is InChI=1S/C16H21N5O2S/c1-16(2)8-10(6-7-23-16)18-14(22)13-11-4-3-5-12(11)24-15(13)21-9-17-19-20-21/h9-10H,3-8H2,1-2H3,(H,18,22)/t10-/m0/s1. The summed E-state index contributed by atoms with van der Waals surface area (Å²) in [5.41, 5.74) is 1.74. The van der Waals surface area contributed by atoms with Gasteiger partial charge >= 0.3 is 0 Å². The quantitative estimate of drug-likeness (QED) is 0.917. The second kappa shape index (κ2) is 5.93. The largest absolute Gasteiger partial charge is 0.375 e. The highest BCUT2D eigenvalue weighted by atomic mass is 32.1. The molecule has 0 unspecified atom stereocenters. The van der Waals surface area contributed by atoms with Gasteiger partial charge in [-0.2, -0.15) is 4.68 Å². The van der Waals surface area contributed by atoms with Gasteiger partial charge in [-0.05, 0) is 61.9 Å². The lowest BCUT2D eigenvalue weighted by Crippen LogP contribution is -2.46. The fourth-order valence-corrected chi connectivity index (χ4v) is 4.95. The molecule has 0 bridgehead atoms. The molecule has 2 aromatic heterocycles. The highest BCUT2D eigenvalue weighted by molar-refractivity contribution is 7.15. The van der Waals surface area contributed by atoms with Crippen molar-refractivity contribution in [2.24, 2.45) is 0 Å². The molecule has 1 fully saturated rings. The lowest BCUT2D eigenvalue weighted by atomic mass is 9.93. The molecule has 3 heterocycles. The summed E-state index contributed by atoms with van der Waals surface area (Å²) in [6, 6.07) is 0.139. The average Bonchev–Trinajstić information content (AvgIpc) is 3.22. The zero-order chi connectivity index (χ0) is 16.7. The monoisotopic (exact) mass is 347 g/mol. The fraction of sp³-hybridized carbons (Fsp3) is 0.625. The predicted molar refractivity (Wildman–Crippen MR) is 89.6 cm³/mol. The van der Waals surface area contributed by atoms with Gasteiger partial charge < -0.3 is 10.1 Å². The number of amides is 1. The molecule has 0 saturated carbocycles. The smallest absolute Gasteiger partial charge is 0.254 e. The second-order valence-electron chi connectivity index (χ2n) is 7.06. The molecule has 1 aliphatic carbocycles. The highest BCUT2D eigenvalue weighted by Crippen LogP contribution is 2.37. The normalized spacial score (nSPS) is 22.3. The SMILES string of the molecule is CC1(C)C[C@@H](NC(=O)c2c(-n3cnnn3)sc3c2CCC3)CCO1. The highest BCUT2D eigenvalue weighted by Gasteiger charge is 2.33. The van der Waals surface area contributed by atoms with Gasteiger partial charge in [0.2, 0.25) is 0 Å². The molecule has 1 saturated heterocycles. The number of nitrogens with one attached hydrogen (secondary N) is 1. The third-order valence-electron chi connectivity index (χ3n) is 4.72. The molecule has 1 amide bonds. The molecule has 7 nitrogen and oxygen atoms in total. The number of hydrogen-bond acceptors (Lipinski definition) is 6. The Bertz CT molecular complexity index is 753. The first kappa shape index (κ1) is 15.7. The summed E-state index contributed by atoms with van der Waals surface area (Å²) in [5.74, 6) is -0.0115. The molecule has 0 aromatic carbocycles. The van der Waals surface area contributed by atoms with Crippen LogP contribution in [0.25, 0.3) is 5.00 Å². The van der Waals surface area contributed by atoms with Gasteiger partial charge in [-0.25, -0.2) is 0 Å². The number of carbonyl (C=O) groups excluding carboxylic acids is 1. The molecule has 2 aromatic rings. The number of ether oxygens (including phenoxy) is 1. The Morgan fingerprint density at radius 3 is 3.08 bits per heavy atom. The maximum atomic E-state index is 13.0. The number of hydrogen-bond donors (Lipinski definition) is 1. The van der Waals surface area contributed by atoms with Crippen molar-refractivity contribution in [1.82, 2.24) is 25.5 Å². The van der Waals surface area contributed by atoms with Gasteiger partial charge in [0, 0.05) is 17.5 Å². The predicted octanol–water partition coefficient (Wildman–Crippen LogP) is 1.90. The number of aryl methyl sites for hydroxylation is 1. The number of thiophene rings is 1. The van der Waals surface area contributed by atoms with Gasteiger partial charge in [-0.3, -0.25) is 4.79 Å². The minimum absolute atomic E-state index is 0.0115. The summed E-state index contributed by atoms with van der Waals surface area (Å²) in [6.45, 7) is 4.82. The van der Waals surface area contributed by atoms with Gasteiger partial charge in [0.15, 0.2) is 0 Å². The molecule has 0 spiro atoms. The third kappa shape index (κ3) is 2.84. The topological polar surface area (TPSA) is 81.9 Å². The minimum atomic E-state index is -0.189. The molecule has 4 rings (SSSR count). The van der Waals surface area contributed by atoms with Crippen LogP contribution in [-0.4, -0.2) is 44.4 Å². The zero-order valence-corrected chi connectivity index (χ0v) is 14.7. The number of tetrazole rings is 1. The maximum Gasteiger partial charge on any atom is 0.254 e. The number of rotatable bonds is 3. The van der Waals surface area contributed by atoms with Crippen LogP contribution in [0, 0.1) is 0 Å². The van der Waals surface area contributed by atoms with E-state index >= 15 is 0 Å². The zero-order valence-electron chi connectivity index (χ0n) is 13.9. The minimum Gasteiger partial charge on any atom is -0.375 e. The van der Waals surface area contributed by atoms with E-state index in [0.717, 1.165) is 42.7 Å². The van der Waals surface area contributed by atoms with E-state index in [0.29, 0.717) is 6.61 Å². The van der Waals surface area contributed by atoms with Crippen LogP contribution >= 0.6 is 11.3 Å². The summed E-state index contributed by atoms with van der Waals surface area (Å²) in [7, 11) is 0. The lowest BCUT2D eigenvalue weighted by Gasteiger charge is -2.35. The van der Waals surface area contributed by atoms with Gasteiger partial charge in [0.05, 0.1) is 11.2 Å². The van der Waals surface area contributed by atoms with Crippen molar-refractivity contribution in [3.05, 3.63) is 22.3 Å². The van der Waals surface area contributed by atoms with Gasteiger partial charge in [0.25, 0.3) is 5.91 Å². The molecular weight excluding hydrogens is 326 g/mol. The first-order valence-corrected chi connectivity index (χ1v) is 9.18. The Morgan fingerprint density at radius 2 is 2.33 bits per heavy atom. The Morgan fingerprint density at radius 1 is 1.46 bits per heavy atom. The second-order valence-corrected chi connectivity index (χ2v) is 8.15.